The van der Waals surface area contributed by atoms with Crippen LogP contribution in [0.2, 0.25) is 5.02 Å². The molecule has 122 valence electrons. The lowest BCUT2D eigenvalue weighted by Gasteiger charge is -2.04. The van der Waals surface area contributed by atoms with Crippen molar-refractivity contribution in [1.29, 1.82) is 0 Å². The number of carbonyl (C=O) groups excluding carboxylic acids is 1. The van der Waals surface area contributed by atoms with Gasteiger partial charge in [0.05, 0.1) is 11.6 Å². The summed E-state index contributed by atoms with van der Waals surface area (Å²) in [5, 5.41) is 7.17. The molecule has 1 N–H and O–H groups in total. The average molecular weight is 343 g/mol. The molecule has 0 atom stereocenters. The first-order valence-corrected chi connectivity index (χ1v) is 7.81. The summed E-state index contributed by atoms with van der Waals surface area (Å²) < 4.78 is 10.5. The summed E-state index contributed by atoms with van der Waals surface area (Å²) in [7, 11) is 0. The number of halogens is 1. The van der Waals surface area contributed by atoms with Gasteiger partial charge in [0.2, 0.25) is 5.88 Å². The molecule has 0 saturated heterocycles. The van der Waals surface area contributed by atoms with Gasteiger partial charge in [-0.2, -0.15) is 0 Å². The minimum Gasteiger partial charge on any atom is -0.494 e. The van der Waals surface area contributed by atoms with Crippen LogP contribution in [0.5, 0.6) is 5.75 Å². The number of amides is 1. The Bertz CT molecular complexity index is 843. The summed E-state index contributed by atoms with van der Waals surface area (Å²) in [6.45, 7) is 2.48. The molecule has 0 aliphatic rings. The second-order valence-electron chi connectivity index (χ2n) is 4.97. The molecular weight excluding hydrogens is 328 g/mol. The van der Waals surface area contributed by atoms with E-state index in [-0.39, 0.29) is 11.8 Å². The molecule has 1 heterocycles. The van der Waals surface area contributed by atoms with Crippen molar-refractivity contribution < 1.29 is 14.1 Å². The van der Waals surface area contributed by atoms with Gasteiger partial charge in [0.25, 0.3) is 5.91 Å². The summed E-state index contributed by atoms with van der Waals surface area (Å²) in [5.41, 5.74) is 1.79. The van der Waals surface area contributed by atoms with E-state index < -0.39 is 0 Å². The highest BCUT2D eigenvalue weighted by Crippen LogP contribution is 2.28. The fraction of sp³-hybridized carbons (Fsp3) is 0.111. The Morgan fingerprint density at radius 2 is 1.96 bits per heavy atom. The van der Waals surface area contributed by atoms with Crippen LogP contribution in [0.25, 0.3) is 11.3 Å². The van der Waals surface area contributed by atoms with Crippen molar-refractivity contribution in [2.75, 3.05) is 11.9 Å². The Labute approximate surface area is 144 Å². The highest BCUT2D eigenvalue weighted by molar-refractivity contribution is 6.33. The standard InChI is InChI=1S/C18H15ClN2O3/c1-2-23-13-9-7-12(8-10-13)18(22)20-17-11-16(21-24-17)14-5-3-4-6-15(14)19/h3-11H,2H2,1H3,(H,20,22). The summed E-state index contributed by atoms with van der Waals surface area (Å²) >= 11 is 6.13. The smallest absolute Gasteiger partial charge is 0.258 e. The predicted octanol–water partition coefficient (Wildman–Crippen LogP) is 4.65. The molecule has 0 saturated carbocycles. The SMILES string of the molecule is CCOc1ccc(C(=O)Nc2cc(-c3ccccc3Cl)no2)cc1. The van der Waals surface area contributed by atoms with Crippen LogP contribution in [-0.2, 0) is 0 Å². The van der Waals surface area contributed by atoms with E-state index in [1.165, 1.54) is 0 Å². The maximum atomic E-state index is 12.2. The number of aromatic nitrogens is 1. The van der Waals surface area contributed by atoms with Crippen molar-refractivity contribution in [3.8, 4) is 17.0 Å². The Morgan fingerprint density at radius 3 is 2.67 bits per heavy atom. The van der Waals surface area contributed by atoms with Crippen LogP contribution in [0.3, 0.4) is 0 Å². The van der Waals surface area contributed by atoms with Crippen LogP contribution < -0.4 is 10.1 Å². The van der Waals surface area contributed by atoms with Crippen molar-refractivity contribution in [3.05, 3.63) is 65.2 Å². The van der Waals surface area contributed by atoms with Crippen molar-refractivity contribution in [1.82, 2.24) is 5.16 Å². The molecule has 0 spiro atoms. The summed E-state index contributed by atoms with van der Waals surface area (Å²) in [5.74, 6) is 0.679. The lowest BCUT2D eigenvalue weighted by molar-refractivity contribution is 0.102. The normalized spacial score (nSPS) is 10.4. The fourth-order valence-electron chi connectivity index (χ4n) is 2.18. The predicted molar refractivity (Wildman–Crippen MR) is 92.5 cm³/mol. The maximum absolute atomic E-state index is 12.2. The topological polar surface area (TPSA) is 64.4 Å². The highest BCUT2D eigenvalue weighted by Gasteiger charge is 2.13. The maximum Gasteiger partial charge on any atom is 0.258 e. The molecule has 1 amide bonds. The molecule has 2 aromatic carbocycles. The van der Waals surface area contributed by atoms with Crippen molar-refractivity contribution in [2.24, 2.45) is 0 Å². The Kier molecular flexibility index (Phi) is 4.82. The monoisotopic (exact) mass is 342 g/mol. The molecule has 5 nitrogen and oxygen atoms in total. The third-order valence-electron chi connectivity index (χ3n) is 3.32. The molecule has 3 aromatic rings. The van der Waals surface area contributed by atoms with Gasteiger partial charge in [-0.05, 0) is 37.3 Å². The third kappa shape index (κ3) is 3.58. The van der Waals surface area contributed by atoms with Crippen LogP contribution >= 0.6 is 11.6 Å². The minimum absolute atomic E-state index is 0.254. The van der Waals surface area contributed by atoms with Gasteiger partial charge in [0.1, 0.15) is 11.4 Å². The lowest BCUT2D eigenvalue weighted by atomic mass is 10.1. The van der Waals surface area contributed by atoms with Crippen LogP contribution in [0.4, 0.5) is 5.88 Å². The molecule has 24 heavy (non-hydrogen) atoms. The number of nitrogens with zero attached hydrogens (tertiary/aromatic N) is 1. The largest absolute Gasteiger partial charge is 0.494 e. The number of benzene rings is 2. The molecule has 0 bridgehead atoms. The molecule has 0 unspecified atom stereocenters. The molecule has 1 aromatic heterocycles. The van der Waals surface area contributed by atoms with E-state index in [0.29, 0.717) is 22.9 Å². The van der Waals surface area contributed by atoms with Crippen LogP contribution in [-0.4, -0.2) is 17.7 Å². The first-order valence-electron chi connectivity index (χ1n) is 7.43. The quantitative estimate of drug-likeness (QED) is 0.733. The Morgan fingerprint density at radius 1 is 1.21 bits per heavy atom. The van der Waals surface area contributed by atoms with Gasteiger partial charge in [-0.25, -0.2) is 0 Å². The molecular formula is C18H15ClN2O3. The average Bonchev–Trinajstić information content (AvgIpc) is 3.04. The molecule has 0 radical (unpaired) electrons. The number of carbonyl (C=O) groups is 1. The van der Waals surface area contributed by atoms with E-state index in [4.69, 9.17) is 20.9 Å². The second kappa shape index (κ2) is 7.19. The van der Waals surface area contributed by atoms with E-state index in [1.807, 2.05) is 25.1 Å². The first kappa shape index (κ1) is 16.1. The zero-order chi connectivity index (χ0) is 16.9. The molecule has 0 aliphatic heterocycles. The molecule has 0 fully saturated rings. The van der Waals surface area contributed by atoms with Crippen LogP contribution in [0.15, 0.2) is 59.1 Å². The van der Waals surface area contributed by atoms with E-state index in [0.717, 1.165) is 11.3 Å². The number of hydrogen-bond donors (Lipinski definition) is 1. The first-order chi connectivity index (χ1) is 11.7. The van der Waals surface area contributed by atoms with E-state index in [1.54, 1.807) is 36.4 Å². The van der Waals surface area contributed by atoms with Gasteiger partial charge >= 0.3 is 0 Å². The third-order valence-corrected chi connectivity index (χ3v) is 3.65. The Balaban J connectivity index is 1.72. The zero-order valence-corrected chi connectivity index (χ0v) is 13.7. The van der Waals surface area contributed by atoms with Gasteiger partial charge in [-0.15, -0.1) is 0 Å². The number of nitrogens with one attached hydrogen (secondary N) is 1. The van der Waals surface area contributed by atoms with Gasteiger partial charge < -0.3 is 9.26 Å². The van der Waals surface area contributed by atoms with Gasteiger partial charge in [-0.1, -0.05) is 35.0 Å². The summed E-state index contributed by atoms with van der Waals surface area (Å²) in [4.78, 5) is 12.2. The second-order valence-corrected chi connectivity index (χ2v) is 5.37. The highest BCUT2D eigenvalue weighted by atomic mass is 35.5. The van der Waals surface area contributed by atoms with Gasteiger partial charge in [-0.3, -0.25) is 10.1 Å². The molecule has 0 aliphatic carbocycles. The minimum atomic E-state index is -0.292. The van der Waals surface area contributed by atoms with Crippen LogP contribution in [0, 0.1) is 0 Å². The Hall–Kier alpha value is -2.79. The summed E-state index contributed by atoms with van der Waals surface area (Å²) in [6, 6.07) is 15.8. The summed E-state index contributed by atoms with van der Waals surface area (Å²) in [6.07, 6.45) is 0. The molecule has 6 heteroatoms. The number of ether oxygens (including phenoxy) is 1. The van der Waals surface area contributed by atoms with Crippen LogP contribution in [0.1, 0.15) is 17.3 Å². The number of anilines is 1. The number of hydrogen-bond acceptors (Lipinski definition) is 4. The van der Waals surface area contributed by atoms with E-state index in [9.17, 15) is 4.79 Å². The molecule has 3 rings (SSSR count). The fourth-order valence-corrected chi connectivity index (χ4v) is 2.42. The van der Waals surface area contributed by atoms with Crippen molar-refractivity contribution in [3.63, 3.8) is 0 Å². The number of rotatable bonds is 5. The van der Waals surface area contributed by atoms with Gasteiger partial charge in [0.15, 0.2) is 0 Å². The zero-order valence-electron chi connectivity index (χ0n) is 13.0. The van der Waals surface area contributed by atoms with Crippen molar-refractivity contribution >= 4 is 23.4 Å². The van der Waals surface area contributed by atoms with E-state index in [2.05, 4.69) is 10.5 Å². The van der Waals surface area contributed by atoms with Crippen molar-refractivity contribution in [2.45, 2.75) is 6.92 Å². The van der Waals surface area contributed by atoms with Gasteiger partial charge in [0, 0.05) is 17.2 Å². The lowest BCUT2D eigenvalue weighted by Crippen LogP contribution is -2.11. The van der Waals surface area contributed by atoms with E-state index >= 15 is 0 Å².